The smallest absolute Gasteiger partial charge is 0.306 e. The fraction of sp³-hybridized carbons (Fsp3) is 0.833. The molecule has 0 aromatic carbocycles. The van der Waals surface area contributed by atoms with Gasteiger partial charge in [-0.05, 0) is 0 Å². The van der Waals surface area contributed by atoms with Crippen molar-refractivity contribution in [2.75, 3.05) is 13.1 Å². The van der Waals surface area contributed by atoms with Gasteiger partial charge in [0.05, 0.1) is 5.92 Å². The summed E-state index contributed by atoms with van der Waals surface area (Å²) in [6, 6.07) is 0. The Labute approximate surface area is 59.0 Å². The molecular weight excluding hydrogens is 134 g/mol. The second-order valence-corrected chi connectivity index (χ2v) is 2.68. The Bertz CT molecular complexity index is 129. The van der Waals surface area contributed by atoms with E-state index < -0.39 is 5.97 Å². The molecule has 0 saturated carbocycles. The predicted octanol–water partition coefficient (Wildman–Crippen LogP) is -1.24. The van der Waals surface area contributed by atoms with Crippen LogP contribution >= 0.6 is 0 Å². The highest BCUT2D eigenvalue weighted by molar-refractivity contribution is 5.69. The number of hydrogen-bond donors (Lipinski definition) is 3. The van der Waals surface area contributed by atoms with Gasteiger partial charge in [0.15, 0.2) is 0 Å². The Morgan fingerprint density at radius 3 is 2.30 bits per heavy atom. The zero-order chi connectivity index (χ0) is 7.56. The summed E-state index contributed by atoms with van der Waals surface area (Å²) in [5.74, 6) is -0.955. The van der Waals surface area contributed by atoms with Crippen LogP contribution in [0.4, 0.5) is 0 Å². The van der Waals surface area contributed by atoms with Gasteiger partial charge in [0.25, 0.3) is 0 Å². The Morgan fingerprint density at radius 2 is 1.90 bits per heavy atom. The van der Waals surface area contributed by atoms with Crippen molar-refractivity contribution in [2.24, 2.45) is 5.92 Å². The minimum Gasteiger partial charge on any atom is -0.481 e. The molecule has 4 heteroatoms. The third kappa shape index (κ3) is 1.68. The topological polar surface area (TPSA) is 62.0 Å². The van der Waals surface area contributed by atoms with Crippen molar-refractivity contribution in [1.29, 1.82) is 0 Å². The van der Waals surface area contributed by atoms with Gasteiger partial charge >= 0.3 is 5.97 Å². The molecule has 0 aliphatic carbocycles. The number of piperidine rings is 1. The summed E-state index contributed by atoms with van der Waals surface area (Å²) in [5.41, 5.74) is 0. The highest BCUT2D eigenvalue weighted by Crippen LogP contribution is 2.08. The van der Waals surface area contributed by atoms with Crippen molar-refractivity contribution in [2.45, 2.75) is 12.8 Å². The van der Waals surface area contributed by atoms with Crippen LogP contribution in [-0.2, 0) is 4.79 Å². The van der Waals surface area contributed by atoms with E-state index in [1.54, 1.807) is 0 Å². The normalized spacial score (nSPS) is 33.7. The van der Waals surface area contributed by atoms with Crippen molar-refractivity contribution in [3.8, 4) is 0 Å². The maximum atomic E-state index is 10.4. The van der Waals surface area contributed by atoms with Gasteiger partial charge in [-0.3, -0.25) is 4.79 Å². The summed E-state index contributed by atoms with van der Waals surface area (Å²) >= 11 is 0. The molecule has 1 aliphatic heterocycles. The van der Waals surface area contributed by atoms with E-state index in [1.165, 1.54) is 0 Å². The average Bonchev–Trinajstić information content (AvgIpc) is 1.88. The first-order chi connectivity index (χ1) is 4.70. The van der Waals surface area contributed by atoms with Crippen LogP contribution in [0.5, 0.6) is 0 Å². The average molecular weight is 146 g/mol. The lowest BCUT2D eigenvalue weighted by molar-refractivity contribution is -1.09. The molecule has 0 atom stereocenters. The Balaban J connectivity index is 2.33. The Hall–Kier alpha value is -0.610. The molecule has 1 heterocycles. The van der Waals surface area contributed by atoms with Crippen LogP contribution in [-0.4, -0.2) is 29.4 Å². The second kappa shape index (κ2) is 2.98. The van der Waals surface area contributed by atoms with E-state index in [-0.39, 0.29) is 5.92 Å². The molecule has 3 N–H and O–H groups in total. The highest BCUT2D eigenvalue weighted by atomic mass is 16.5. The van der Waals surface area contributed by atoms with Crippen molar-refractivity contribution in [1.82, 2.24) is 0 Å². The first kappa shape index (κ1) is 7.50. The summed E-state index contributed by atoms with van der Waals surface area (Å²) in [6.45, 7) is 1.13. The van der Waals surface area contributed by atoms with Gasteiger partial charge in [0.1, 0.15) is 13.1 Å². The van der Waals surface area contributed by atoms with Gasteiger partial charge in [-0.2, -0.15) is 5.06 Å². The molecule has 0 bridgehead atoms. The van der Waals surface area contributed by atoms with E-state index in [1.807, 2.05) is 0 Å². The largest absolute Gasteiger partial charge is 0.481 e. The first-order valence-electron chi connectivity index (χ1n) is 3.46. The molecular formula is C6H12NO3+. The van der Waals surface area contributed by atoms with E-state index in [9.17, 15) is 4.79 Å². The minimum atomic E-state index is -0.729. The van der Waals surface area contributed by atoms with Crippen LogP contribution in [0.15, 0.2) is 0 Å². The Kier molecular flexibility index (Phi) is 2.24. The minimum absolute atomic E-state index is 0.226. The predicted molar refractivity (Wildman–Crippen MR) is 32.8 cm³/mol. The molecule has 0 aromatic rings. The lowest BCUT2D eigenvalue weighted by Crippen LogP contribution is -3.10. The number of hydroxylamine groups is 2. The first-order valence-corrected chi connectivity index (χ1v) is 3.46. The molecule has 0 spiro atoms. The number of rotatable bonds is 1. The molecule has 0 amide bonds. The second-order valence-electron chi connectivity index (χ2n) is 2.68. The van der Waals surface area contributed by atoms with E-state index in [4.69, 9.17) is 10.3 Å². The number of hydrogen-bond acceptors (Lipinski definition) is 2. The van der Waals surface area contributed by atoms with Gasteiger partial charge in [-0.15, -0.1) is 0 Å². The number of carbonyl (C=O) groups is 1. The number of nitrogens with one attached hydrogen (secondary N) is 1. The lowest BCUT2D eigenvalue weighted by atomic mass is 9.98. The quantitative estimate of drug-likeness (QED) is 0.433. The van der Waals surface area contributed by atoms with Crippen LogP contribution in [0.3, 0.4) is 0 Å². The summed E-state index contributed by atoms with van der Waals surface area (Å²) in [4.78, 5) is 10.4. The van der Waals surface area contributed by atoms with Crippen molar-refractivity contribution >= 4 is 5.97 Å². The number of quaternary nitrogens is 1. The zero-order valence-corrected chi connectivity index (χ0v) is 5.71. The zero-order valence-electron chi connectivity index (χ0n) is 5.71. The van der Waals surface area contributed by atoms with Crippen LogP contribution < -0.4 is 5.06 Å². The molecule has 0 aromatic heterocycles. The van der Waals surface area contributed by atoms with E-state index in [2.05, 4.69) is 0 Å². The van der Waals surface area contributed by atoms with E-state index in [0.717, 1.165) is 0 Å². The van der Waals surface area contributed by atoms with Gasteiger partial charge in [-0.1, -0.05) is 0 Å². The van der Waals surface area contributed by atoms with Gasteiger partial charge in [0.2, 0.25) is 0 Å². The van der Waals surface area contributed by atoms with E-state index in [0.29, 0.717) is 31.0 Å². The fourth-order valence-electron chi connectivity index (χ4n) is 1.20. The Morgan fingerprint density at radius 1 is 1.40 bits per heavy atom. The molecule has 58 valence electrons. The molecule has 1 aliphatic rings. The third-order valence-electron chi connectivity index (χ3n) is 1.91. The lowest BCUT2D eigenvalue weighted by Gasteiger charge is -2.20. The standard InChI is InChI=1S/C6H11NO3/c8-6(9)5-1-3-7(10)4-2-5/h5,10H,1-4H2,(H,8,9)/p+1. The van der Waals surface area contributed by atoms with Crippen LogP contribution in [0.25, 0.3) is 0 Å². The molecule has 10 heavy (non-hydrogen) atoms. The van der Waals surface area contributed by atoms with Crippen LogP contribution in [0.2, 0.25) is 0 Å². The summed E-state index contributed by atoms with van der Waals surface area (Å²) < 4.78 is 0. The number of carboxylic acid groups (broad SMARTS) is 1. The van der Waals surface area contributed by atoms with E-state index >= 15 is 0 Å². The van der Waals surface area contributed by atoms with Crippen molar-refractivity contribution in [3.63, 3.8) is 0 Å². The fourth-order valence-corrected chi connectivity index (χ4v) is 1.20. The number of carboxylic acids is 1. The van der Waals surface area contributed by atoms with Crippen molar-refractivity contribution < 1.29 is 20.2 Å². The van der Waals surface area contributed by atoms with Crippen LogP contribution in [0.1, 0.15) is 12.8 Å². The monoisotopic (exact) mass is 146 g/mol. The maximum absolute atomic E-state index is 10.4. The van der Waals surface area contributed by atoms with Gasteiger partial charge in [-0.25, -0.2) is 5.21 Å². The third-order valence-corrected chi connectivity index (χ3v) is 1.91. The molecule has 4 nitrogen and oxygen atoms in total. The van der Waals surface area contributed by atoms with Gasteiger partial charge in [0, 0.05) is 12.8 Å². The molecule has 1 rings (SSSR count). The highest BCUT2D eigenvalue weighted by Gasteiger charge is 2.25. The summed E-state index contributed by atoms with van der Waals surface area (Å²) in [6.07, 6.45) is 1.20. The number of aliphatic carboxylic acids is 1. The molecule has 1 saturated heterocycles. The van der Waals surface area contributed by atoms with Crippen LogP contribution in [0, 0.1) is 5.92 Å². The summed E-state index contributed by atoms with van der Waals surface area (Å²) in [7, 11) is 0. The van der Waals surface area contributed by atoms with Gasteiger partial charge < -0.3 is 5.11 Å². The molecule has 0 unspecified atom stereocenters. The SMILES string of the molecule is O=C(O)C1CC[NH+](O)CC1. The molecule has 0 radical (unpaired) electrons. The molecule has 1 fully saturated rings. The maximum Gasteiger partial charge on any atom is 0.306 e. The summed E-state index contributed by atoms with van der Waals surface area (Å²) in [5, 5.41) is 17.9. The van der Waals surface area contributed by atoms with Crippen molar-refractivity contribution in [3.05, 3.63) is 0 Å².